The van der Waals surface area contributed by atoms with Gasteiger partial charge in [0.2, 0.25) is 0 Å². The van der Waals surface area contributed by atoms with E-state index in [1.165, 1.54) is 7.11 Å². The number of halogens is 3. The minimum absolute atomic E-state index is 0.0763. The van der Waals surface area contributed by atoms with Gasteiger partial charge >= 0.3 is 0 Å². The van der Waals surface area contributed by atoms with Gasteiger partial charge in [-0.25, -0.2) is 13.2 Å². The SMILES string of the molecule is CCC(OC)C(N)c1ccc(F)c(F)c1F. The van der Waals surface area contributed by atoms with Crippen molar-refractivity contribution in [1.82, 2.24) is 0 Å². The molecule has 2 nitrogen and oxygen atoms in total. The van der Waals surface area contributed by atoms with Crippen LogP contribution < -0.4 is 5.73 Å². The van der Waals surface area contributed by atoms with E-state index in [-0.39, 0.29) is 5.56 Å². The lowest BCUT2D eigenvalue weighted by atomic mass is 9.99. The zero-order valence-electron chi connectivity index (χ0n) is 9.14. The molecule has 0 fully saturated rings. The van der Waals surface area contributed by atoms with Gasteiger partial charge < -0.3 is 10.5 Å². The van der Waals surface area contributed by atoms with E-state index in [1.807, 2.05) is 6.92 Å². The van der Waals surface area contributed by atoms with Crippen molar-refractivity contribution in [2.24, 2.45) is 5.73 Å². The summed E-state index contributed by atoms with van der Waals surface area (Å²) in [5.74, 6) is -3.97. The van der Waals surface area contributed by atoms with Crippen molar-refractivity contribution < 1.29 is 17.9 Å². The summed E-state index contributed by atoms with van der Waals surface area (Å²) < 4.78 is 44.1. The van der Waals surface area contributed by atoms with E-state index in [4.69, 9.17) is 10.5 Å². The van der Waals surface area contributed by atoms with Gasteiger partial charge in [-0.15, -0.1) is 0 Å². The van der Waals surface area contributed by atoms with E-state index in [9.17, 15) is 13.2 Å². The number of rotatable bonds is 4. The minimum atomic E-state index is -1.50. The number of nitrogens with two attached hydrogens (primary N) is 1. The highest BCUT2D eigenvalue weighted by molar-refractivity contribution is 5.24. The third-order valence-corrected chi connectivity index (χ3v) is 2.53. The smallest absolute Gasteiger partial charge is 0.194 e. The van der Waals surface area contributed by atoms with Crippen LogP contribution in [0.15, 0.2) is 12.1 Å². The van der Waals surface area contributed by atoms with Crippen LogP contribution in [-0.4, -0.2) is 13.2 Å². The molecule has 0 aliphatic heterocycles. The Morgan fingerprint density at radius 2 is 1.88 bits per heavy atom. The van der Waals surface area contributed by atoms with Crippen LogP contribution >= 0.6 is 0 Å². The molecule has 1 aromatic carbocycles. The molecule has 0 saturated heterocycles. The molecular weight excluding hydrogens is 219 g/mol. The average Bonchev–Trinajstić information content (AvgIpc) is 2.27. The fraction of sp³-hybridized carbons (Fsp3) is 0.455. The molecule has 2 atom stereocenters. The molecule has 0 amide bonds. The molecule has 0 spiro atoms. The average molecular weight is 233 g/mol. The molecule has 0 heterocycles. The second kappa shape index (κ2) is 5.32. The van der Waals surface area contributed by atoms with Gasteiger partial charge in [0.15, 0.2) is 17.5 Å². The van der Waals surface area contributed by atoms with Crippen LogP contribution in [0.1, 0.15) is 24.9 Å². The number of methoxy groups -OCH3 is 1. The summed E-state index contributed by atoms with van der Waals surface area (Å²) in [7, 11) is 1.44. The summed E-state index contributed by atoms with van der Waals surface area (Å²) in [6, 6.07) is 1.18. The van der Waals surface area contributed by atoms with Gasteiger partial charge in [-0.2, -0.15) is 0 Å². The van der Waals surface area contributed by atoms with Gasteiger partial charge in [0, 0.05) is 12.7 Å². The molecule has 0 aliphatic carbocycles. The normalized spacial score (nSPS) is 14.9. The maximum Gasteiger partial charge on any atom is 0.194 e. The Bertz CT molecular complexity index is 366. The highest BCUT2D eigenvalue weighted by Crippen LogP contribution is 2.24. The first kappa shape index (κ1) is 13.0. The maximum absolute atomic E-state index is 13.4. The van der Waals surface area contributed by atoms with Crippen molar-refractivity contribution in [2.75, 3.05) is 7.11 Å². The summed E-state index contributed by atoms with van der Waals surface area (Å²) in [5, 5.41) is 0. The molecule has 0 radical (unpaired) electrons. The van der Waals surface area contributed by atoms with E-state index in [1.54, 1.807) is 0 Å². The van der Waals surface area contributed by atoms with Crippen molar-refractivity contribution in [2.45, 2.75) is 25.5 Å². The van der Waals surface area contributed by atoms with Gasteiger partial charge in [0.25, 0.3) is 0 Å². The van der Waals surface area contributed by atoms with Crippen LogP contribution in [0.5, 0.6) is 0 Å². The van der Waals surface area contributed by atoms with Crippen LogP contribution in [0, 0.1) is 17.5 Å². The maximum atomic E-state index is 13.4. The van der Waals surface area contributed by atoms with Gasteiger partial charge in [-0.1, -0.05) is 13.0 Å². The Hall–Kier alpha value is -1.07. The number of hydrogen-bond acceptors (Lipinski definition) is 2. The Labute approximate surface area is 92.2 Å². The van der Waals surface area contributed by atoms with Crippen molar-refractivity contribution in [1.29, 1.82) is 0 Å². The lowest BCUT2D eigenvalue weighted by Crippen LogP contribution is -2.28. The fourth-order valence-electron chi connectivity index (χ4n) is 1.57. The van der Waals surface area contributed by atoms with Gasteiger partial charge in [0.1, 0.15) is 0 Å². The zero-order chi connectivity index (χ0) is 12.3. The van der Waals surface area contributed by atoms with Gasteiger partial charge in [-0.3, -0.25) is 0 Å². The molecule has 5 heteroatoms. The molecule has 0 bridgehead atoms. The van der Waals surface area contributed by atoms with E-state index >= 15 is 0 Å². The third kappa shape index (κ3) is 2.36. The summed E-state index contributed by atoms with van der Waals surface area (Å²) in [5.41, 5.74) is 5.65. The molecule has 0 saturated carbocycles. The molecule has 0 aromatic heterocycles. The predicted molar refractivity (Wildman–Crippen MR) is 54.3 cm³/mol. The highest BCUT2D eigenvalue weighted by atomic mass is 19.2. The Morgan fingerprint density at radius 1 is 1.25 bits per heavy atom. The molecule has 16 heavy (non-hydrogen) atoms. The van der Waals surface area contributed by atoms with E-state index in [0.717, 1.165) is 12.1 Å². The van der Waals surface area contributed by atoms with Crippen LogP contribution in [0.2, 0.25) is 0 Å². The Kier molecular flexibility index (Phi) is 4.32. The third-order valence-electron chi connectivity index (χ3n) is 2.53. The first-order valence-electron chi connectivity index (χ1n) is 4.94. The van der Waals surface area contributed by atoms with Crippen molar-refractivity contribution in [3.63, 3.8) is 0 Å². The van der Waals surface area contributed by atoms with Crippen LogP contribution in [-0.2, 0) is 4.74 Å². The summed E-state index contributed by atoms with van der Waals surface area (Å²) >= 11 is 0. The van der Waals surface area contributed by atoms with E-state index in [2.05, 4.69) is 0 Å². The largest absolute Gasteiger partial charge is 0.379 e. The molecular formula is C11H14F3NO. The van der Waals surface area contributed by atoms with E-state index < -0.39 is 29.6 Å². The summed E-state index contributed by atoms with van der Waals surface area (Å²) in [6.07, 6.45) is 0.121. The van der Waals surface area contributed by atoms with Crippen molar-refractivity contribution in [3.8, 4) is 0 Å². The van der Waals surface area contributed by atoms with Crippen LogP contribution in [0.25, 0.3) is 0 Å². The zero-order valence-corrected chi connectivity index (χ0v) is 9.14. The van der Waals surface area contributed by atoms with Gasteiger partial charge in [-0.05, 0) is 12.5 Å². The fourth-order valence-corrected chi connectivity index (χ4v) is 1.57. The minimum Gasteiger partial charge on any atom is -0.379 e. The monoisotopic (exact) mass is 233 g/mol. The number of ether oxygens (including phenoxy) is 1. The predicted octanol–water partition coefficient (Wildman–Crippen LogP) is 2.53. The number of benzene rings is 1. The Morgan fingerprint density at radius 3 is 2.38 bits per heavy atom. The second-order valence-corrected chi connectivity index (χ2v) is 3.47. The first-order chi connectivity index (χ1) is 7.52. The lowest BCUT2D eigenvalue weighted by Gasteiger charge is -2.22. The topological polar surface area (TPSA) is 35.2 Å². The molecule has 1 aromatic rings. The van der Waals surface area contributed by atoms with Gasteiger partial charge in [0.05, 0.1) is 12.1 Å². The standard InChI is InChI=1S/C11H14F3NO/c1-3-8(16-2)11(15)6-4-5-7(12)10(14)9(6)13/h4-5,8,11H,3,15H2,1-2H3. The molecule has 1 rings (SSSR count). The summed E-state index contributed by atoms with van der Waals surface area (Å²) in [6.45, 7) is 1.81. The molecule has 2 unspecified atom stereocenters. The van der Waals surface area contributed by atoms with Crippen molar-refractivity contribution in [3.05, 3.63) is 35.1 Å². The molecule has 0 aliphatic rings. The second-order valence-electron chi connectivity index (χ2n) is 3.47. The molecule has 2 N–H and O–H groups in total. The van der Waals surface area contributed by atoms with Crippen LogP contribution in [0.3, 0.4) is 0 Å². The highest BCUT2D eigenvalue weighted by Gasteiger charge is 2.23. The van der Waals surface area contributed by atoms with E-state index in [0.29, 0.717) is 6.42 Å². The van der Waals surface area contributed by atoms with Crippen LogP contribution in [0.4, 0.5) is 13.2 Å². The number of hydrogen-bond donors (Lipinski definition) is 1. The summed E-state index contributed by atoms with van der Waals surface area (Å²) in [4.78, 5) is 0. The quantitative estimate of drug-likeness (QED) is 0.811. The molecule has 90 valence electrons. The first-order valence-corrected chi connectivity index (χ1v) is 4.94. The Balaban J connectivity index is 3.09. The lowest BCUT2D eigenvalue weighted by molar-refractivity contribution is 0.0759. The van der Waals surface area contributed by atoms with Crippen molar-refractivity contribution >= 4 is 0 Å².